The summed E-state index contributed by atoms with van der Waals surface area (Å²) in [6.45, 7) is 5.52. The molecule has 0 amide bonds. The van der Waals surface area contributed by atoms with Crippen LogP contribution in [0.2, 0.25) is 0 Å². The molecule has 0 radical (unpaired) electrons. The van der Waals surface area contributed by atoms with Gasteiger partial charge in [0.15, 0.2) is 0 Å². The first-order valence-electron chi connectivity index (χ1n) is 24.8. The maximum atomic E-state index is 13.1. The van der Waals surface area contributed by atoms with Gasteiger partial charge in [0.25, 0.3) is 0 Å². The molecule has 0 saturated heterocycles. The molecule has 0 aliphatic heterocycles. The zero-order chi connectivity index (χ0) is 47.3. The van der Waals surface area contributed by atoms with Gasteiger partial charge in [0.2, 0.25) is 0 Å². The molecule has 67 heavy (non-hydrogen) atoms. The summed E-state index contributed by atoms with van der Waals surface area (Å²) in [6, 6.07) is 33.4. The van der Waals surface area contributed by atoms with E-state index in [0.717, 1.165) is 49.0 Å². The van der Waals surface area contributed by atoms with Gasteiger partial charge in [-0.15, -0.1) is 0 Å². The normalized spacial score (nSPS) is 10.9. The quantitative estimate of drug-likeness (QED) is 0.0243. The first kappa shape index (κ1) is 51.8. The lowest BCUT2D eigenvalue weighted by atomic mass is 10.0. The smallest absolute Gasteiger partial charge is 0.343 e. The Balaban J connectivity index is 0.991. The van der Waals surface area contributed by atoms with Gasteiger partial charge in [0.1, 0.15) is 23.0 Å². The summed E-state index contributed by atoms with van der Waals surface area (Å²) in [5.74, 6) is -0.386. The Labute approximate surface area is 398 Å². The summed E-state index contributed by atoms with van der Waals surface area (Å²) < 4.78 is 28.1. The van der Waals surface area contributed by atoms with E-state index in [1.165, 1.54) is 121 Å². The van der Waals surface area contributed by atoms with Gasteiger partial charge in [0, 0.05) is 0 Å². The number of hydrogen-bond donors (Lipinski definition) is 0. The number of carbonyl (C=O) groups is 4. The van der Waals surface area contributed by atoms with Crippen molar-refractivity contribution in [2.75, 3.05) is 13.2 Å². The van der Waals surface area contributed by atoms with E-state index in [-0.39, 0.29) is 17.1 Å². The van der Waals surface area contributed by atoms with Crippen LogP contribution >= 0.6 is 0 Å². The third kappa shape index (κ3) is 19.3. The second-order valence-corrected chi connectivity index (χ2v) is 17.2. The van der Waals surface area contributed by atoms with Crippen LogP contribution in [-0.2, 0) is 4.74 Å². The third-order valence-corrected chi connectivity index (χ3v) is 11.7. The van der Waals surface area contributed by atoms with Crippen molar-refractivity contribution in [3.8, 4) is 34.1 Å². The molecule has 0 aromatic heterocycles. The van der Waals surface area contributed by atoms with Crippen molar-refractivity contribution < 1.29 is 42.9 Å². The van der Waals surface area contributed by atoms with Gasteiger partial charge in [-0.05, 0) is 121 Å². The van der Waals surface area contributed by atoms with Gasteiger partial charge in [-0.2, -0.15) is 0 Å². The number of hydrogen-bond acceptors (Lipinski definition) is 9. The van der Waals surface area contributed by atoms with E-state index in [2.05, 4.69) is 13.8 Å². The monoisotopic (exact) mass is 911 g/mol. The summed E-state index contributed by atoms with van der Waals surface area (Å²) in [7, 11) is 0. The number of carbonyl (C=O) groups excluding carboxylic acids is 4. The van der Waals surface area contributed by atoms with Crippen molar-refractivity contribution in [1.29, 1.82) is 0 Å². The first-order chi connectivity index (χ1) is 32.8. The van der Waals surface area contributed by atoms with Crippen LogP contribution in [0.25, 0.3) is 11.1 Å². The Morgan fingerprint density at radius 2 is 0.687 bits per heavy atom. The molecule has 356 valence electrons. The fraction of sp³-hybridized carbons (Fsp3) is 0.414. The average Bonchev–Trinajstić information content (AvgIpc) is 3.35. The molecule has 0 heterocycles. The number of ether oxygens (including phenoxy) is 5. The highest BCUT2D eigenvalue weighted by Gasteiger charge is 2.15. The maximum Gasteiger partial charge on any atom is 0.343 e. The summed E-state index contributed by atoms with van der Waals surface area (Å²) in [4.78, 5) is 51.4. The lowest BCUT2D eigenvalue weighted by Crippen LogP contribution is -2.11. The molecule has 0 N–H and O–H groups in total. The predicted octanol–water partition coefficient (Wildman–Crippen LogP) is 15.4. The van der Waals surface area contributed by atoms with Gasteiger partial charge in [-0.3, -0.25) is 0 Å². The van der Waals surface area contributed by atoms with E-state index >= 15 is 0 Å². The van der Waals surface area contributed by atoms with Crippen molar-refractivity contribution in [2.45, 2.75) is 142 Å². The highest BCUT2D eigenvalue weighted by atomic mass is 16.5. The van der Waals surface area contributed by atoms with Crippen LogP contribution in [0, 0.1) is 0 Å². The van der Waals surface area contributed by atoms with Crippen LogP contribution in [-0.4, -0.2) is 37.1 Å². The van der Waals surface area contributed by atoms with Crippen molar-refractivity contribution >= 4 is 23.9 Å². The Bertz CT molecular complexity index is 2210. The Hall–Kier alpha value is -6.22. The molecular weight excluding hydrogens is 841 g/mol. The minimum Gasteiger partial charge on any atom is -0.494 e. The van der Waals surface area contributed by atoms with Crippen LogP contribution in [0.3, 0.4) is 0 Å². The van der Waals surface area contributed by atoms with E-state index in [4.69, 9.17) is 23.7 Å². The van der Waals surface area contributed by atoms with Gasteiger partial charge < -0.3 is 23.7 Å². The van der Waals surface area contributed by atoms with E-state index in [0.29, 0.717) is 35.7 Å². The van der Waals surface area contributed by atoms with E-state index < -0.39 is 23.9 Å². The fourth-order valence-electron chi connectivity index (χ4n) is 7.66. The molecule has 5 aromatic rings. The Morgan fingerprint density at radius 1 is 0.328 bits per heavy atom. The number of unbranched alkanes of at least 4 members (excludes halogenated alkanes) is 18. The van der Waals surface area contributed by atoms with Gasteiger partial charge in [-0.1, -0.05) is 154 Å². The van der Waals surface area contributed by atoms with E-state index in [9.17, 15) is 19.2 Å². The van der Waals surface area contributed by atoms with Crippen molar-refractivity contribution in [2.24, 2.45) is 0 Å². The number of rotatable bonds is 31. The van der Waals surface area contributed by atoms with E-state index in [1.807, 2.05) is 18.2 Å². The molecule has 9 nitrogen and oxygen atoms in total. The maximum absolute atomic E-state index is 13.1. The highest BCUT2D eigenvalue weighted by Crippen LogP contribution is 2.26. The summed E-state index contributed by atoms with van der Waals surface area (Å²) in [5.41, 5.74) is 2.99. The van der Waals surface area contributed by atoms with Gasteiger partial charge in [-0.25, -0.2) is 19.2 Å². The summed E-state index contributed by atoms with van der Waals surface area (Å²) >= 11 is 0. The van der Waals surface area contributed by atoms with Crippen LogP contribution in [0.4, 0.5) is 0 Å². The summed E-state index contributed by atoms with van der Waals surface area (Å²) in [5, 5.41) is 0. The topological polar surface area (TPSA) is 114 Å². The minimum atomic E-state index is -0.600. The predicted molar refractivity (Wildman–Crippen MR) is 266 cm³/mol. The van der Waals surface area contributed by atoms with Gasteiger partial charge in [0.05, 0.1) is 35.5 Å². The first-order valence-corrected chi connectivity index (χ1v) is 24.8. The molecule has 0 bridgehead atoms. The summed E-state index contributed by atoms with van der Waals surface area (Å²) in [6.07, 6.45) is 24.8. The molecule has 0 spiro atoms. The molecule has 9 heteroatoms. The van der Waals surface area contributed by atoms with Crippen LogP contribution in [0.1, 0.15) is 184 Å². The highest BCUT2D eigenvalue weighted by molar-refractivity contribution is 5.94. The molecule has 0 aliphatic carbocycles. The molecule has 0 atom stereocenters. The molecule has 0 fully saturated rings. The number of benzene rings is 5. The molecule has 0 saturated carbocycles. The second kappa shape index (κ2) is 30.1. The Morgan fingerprint density at radius 3 is 1.13 bits per heavy atom. The molecular formula is C58H70O9. The third-order valence-electron chi connectivity index (χ3n) is 11.7. The van der Waals surface area contributed by atoms with Crippen LogP contribution in [0.15, 0.2) is 121 Å². The average molecular weight is 911 g/mol. The molecule has 0 unspecified atom stereocenters. The van der Waals surface area contributed by atoms with Crippen LogP contribution in [0.5, 0.6) is 23.0 Å². The Kier molecular flexibility index (Phi) is 23.3. The van der Waals surface area contributed by atoms with Crippen molar-refractivity contribution in [3.05, 3.63) is 144 Å². The molecule has 5 rings (SSSR count). The lowest BCUT2D eigenvalue weighted by Gasteiger charge is -2.09. The minimum absolute atomic E-state index is 0.255. The fourth-order valence-corrected chi connectivity index (χ4v) is 7.66. The van der Waals surface area contributed by atoms with Crippen molar-refractivity contribution in [3.63, 3.8) is 0 Å². The van der Waals surface area contributed by atoms with Crippen LogP contribution < -0.4 is 18.9 Å². The zero-order valence-corrected chi connectivity index (χ0v) is 39.8. The van der Waals surface area contributed by atoms with Crippen molar-refractivity contribution in [1.82, 2.24) is 0 Å². The standard InChI is InChI=1S/C58H70O9/c1-3-5-7-9-11-13-15-17-19-21-42-63-51-34-28-47(29-35-51)56(60)65-52-36-26-45(27-37-52)49-24-23-25-50(44-49)58(62)67-54-40-32-48(33-41-54)57(61)66-53-38-30-46(31-39-53)55(59)64-43-22-20-18-16-14-12-10-8-6-4-2/h23-41,44H,3-22,42-43H2,1-2H3. The zero-order valence-electron chi connectivity index (χ0n) is 39.8. The molecule has 0 aliphatic rings. The van der Waals surface area contributed by atoms with E-state index in [1.54, 1.807) is 78.9 Å². The molecule has 5 aromatic carbocycles. The van der Waals surface area contributed by atoms with Gasteiger partial charge >= 0.3 is 23.9 Å². The number of esters is 4. The lowest BCUT2D eigenvalue weighted by molar-refractivity contribution is 0.0497. The second-order valence-electron chi connectivity index (χ2n) is 17.2. The SMILES string of the molecule is CCCCCCCCCCCCOC(=O)c1ccc(OC(=O)c2ccc(OC(=O)c3cccc(-c4ccc(OC(=O)c5ccc(OCCCCCCCCCCCC)cc5)cc4)c3)cc2)cc1. The largest absolute Gasteiger partial charge is 0.494 e.